The average Bonchev–Trinajstić information content (AvgIpc) is 3.15. The molecule has 0 radical (unpaired) electrons. The molecule has 0 spiro atoms. The highest BCUT2D eigenvalue weighted by molar-refractivity contribution is 6.31. The van der Waals surface area contributed by atoms with E-state index in [4.69, 9.17) is 11.6 Å². The van der Waals surface area contributed by atoms with Crippen molar-refractivity contribution in [1.82, 2.24) is 25.1 Å². The van der Waals surface area contributed by atoms with Crippen molar-refractivity contribution in [1.29, 1.82) is 0 Å². The summed E-state index contributed by atoms with van der Waals surface area (Å²) in [4.78, 5) is 20.2. The SMILES string of the molecule is Cn1cc(C(NC(=O)Cc2nc3ccc(Cl)cc3[nH]2)C2CC(O)C2)cn1. The highest BCUT2D eigenvalue weighted by Gasteiger charge is 2.36. The van der Waals surface area contributed by atoms with Crippen molar-refractivity contribution in [3.63, 3.8) is 0 Å². The maximum absolute atomic E-state index is 12.6. The molecule has 136 valence electrons. The number of nitrogens with zero attached hydrogens (tertiary/aromatic N) is 3. The van der Waals surface area contributed by atoms with Crippen LogP contribution < -0.4 is 5.32 Å². The summed E-state index contributed by atoms with van der Waals surface area (Å²) in [5, 5.41) is 17.5. The van der Waals surface area contributed by atoms with Crippen LogP contribution in [0.5, 0.6) is 0 Å². The van der Waals surface area contributed by atoms with Crippen LogP contribution in [0, 0.1) is 5.92 Å². The molecule has 3 aromatic rings. The number of rotatable bonds is 5. The Labute approximate surface area is 155 Å². The molecule has 3 N–H and O–H groups in total. The zero-order valence-corrected chi connectivity index (χ0v) is 15.1. The number of carbonyl (C=O) groups excluding carboxylic acids is 1. The van der Waals surface area contributed by atoms with Crippen LogP contribution in [-0.4, -0.2) is 36.9 Å². The second kappa shape index (κ2) is 6.74. The number of imidazole rings is 1. The van der Waals surface area contributed by atoms with Gasteiger partial charge in [0.15, 0.2) is 0 Å². The lowest BCUT2D eigenvalue weighted by Crippen LogP contribution is -2.41. The van der Waals surface area contributed by atoms with Crippen molar-refractivity contribution in [2.75, 3.05) is 0 Å². The van der Waals surface area contributed by atoms with Gasteiger partial charge in [-0.25, -0.2) is 4.98 Å². The number of aliphatic hydroxyl groups excluding tert-OH is 1. The fourth-order valence-corrected chi connectivity index (χ4v) is 3.64. The molecule has 1 aliphatic rings. The van der Waals surface area contributed by atoms with Crippen LogP contribution in [-0.2, 0) is 18.3 Å². The Bertz CT molecular complexity index is 944. The number of fused-ring (bicyclic) bond motifs is 1. The number of halogens is 1. The molecular formula is C18H20ClN5O2. The minimum absolute atomic E-state index is 0.120. The molecule has 0 bridgehead atoms. The lowest BCUT2D eigenvalue weighted by molar-refractivity contribution is -0.122. The first-order valence-electron chi connectivity index (χ1n) is 8.58. The number of H-pyrrole nitrogens is 1. The van der Waals surface area contributed by atoms with Gasteiger partial charge >= 0.3 is 0 Å². The van der Waals surface area contributed by atoms with Gasteiger partial charge in [-0.3, -0.25) is 9.48 Å². The Kier molecular flexibility index (Phi) is 4.42. The Morgan fingerprint density at radius 2 is 2.31 bits per heavy atom. The summed E-state index contributed by atoms with van der Waals surface area (Å²) in [6.07, 6.45) is 4.90. The van der Waals surface area contributed by atoms with Crippen LogP contribution in [0.15, 0.2) is 30.6 Å². The van der Waals surface area contributed by atoms with Crippen LogP contribution in [0.3, 0.4) is 0 Å². The largest absolute Gasteiger partial charge is 0.393 e. The van der Waals surface area contributed by atoms with Gasteiger partial charge in [0.1, 0.15) is 5.82 Å². The van der Waals surface area contributed by atoms with Gasteiger partial charge in [0.05, 0.1) is 35.8 Å². The standard InChI is InChI=1S/C18H20ClN5O2/c1-24-9-11(8-20-24)18(10-4-13(25)5-10)23-17(26)7-16-21-14-3-2-12(19)6-15(14)22-16/h2-3,6,8-10,13,18,25H,4-5,7H2,1H3,(H,21,22)(H,23,26). The van der Waals surface area contributed by atoms with Gasteiger partial charge in [0.25, 0.3) is 0 Å². The molecule has 1 aliphatic carbocycles. The van der Waals surface area contributed by atoms with Crippen LogP contribution in [0.4, 0.5) is 0 Å². The summed E-state index contributed by atoms with van der Waals surface area (Å²) in [5.41, 5.74) is 2.54. The zero-order chi connectivity index (χ0) is 18.3. The summed E-state index contributed by atoms with van der Waals surface area (Å²) >= 11 is 5.99. The van der Waals surface area contributed by atoms with Gasteiger partial charge in [-0.2, -0.15) is 5.10 Å². The number of amides is 1. The van der Waals surface area contributed by atoms with Crippen molar-refractivity contribution < 1.29 is 9.90 Å². The first-order chi connectivity index (χ1) is 12.5. The third-order valence-electron chi connectivity index (χ3n) is 4.84. The zero-order valence-electron chi connectivity index (χ0n) is 14.3. The summed E-state index contributed by atoms with van der Waals surface area (Å²) in [7, 11) is 1.84. The van der Waals surface area contributed by atoms with Crippen molar-refractivity contribution in [3.05, 3.63) is 47.0 Å². The predicted octanol–water partition coefficient (Wildman–Crippen LogP) is 2.12. The second-order valence-electron chi connectivity index (χ2n) is 6.90. The van der Waals surface area contributed by atoms with Crippen molar-refractivity contribution in [3.8, 4) is 0 Å². The molecule has 0 saturated heterocycles. The highest BCUT2D eigenvalue weighted by atomic mass is 35.5. The monoisotopic (exact) mass is 373 g/mol. The van der Waals surface area contributed by atoms with E-state index in [1.54, 1.807) is 23.0 Å². The third kappa shape index (κ3) is 3.45. The lowest BCUT2D eigenvalue weighted by Gasteiger charge is -2.37. The summed E-state index contributed by atoms with van der Waals surface area (Å²) < 4.78 is 1.71. The first-order valence-corrected chi connectivity index (χ1v) is 8.96. The van der Waals surface area contributed by atoms with E-state index in [0.29, 0.717) is 23.7 Å². The fraction of sp³-hybridized carbons (Fsp3) is 0.389. The number of hydrogen-bond acceptors (Lipinski definition) is 4. The number of aryl methyl sites for hydroxylation is 1. The molecule has 1 unspecified atom stereocenters. The molecule has 2 aromatic heterocycles. The van der Waals surface area contributed by atoms with E-state index in [9.17, 15) is 9.90 Å². The molecule has 8 heteroatoms. The summed E-state index contributed by atoms with van der Waals surface area (Å²) in [6.45, 7) is 0. The first kappa shape index (κ1) is 17.1. The third-order valence-corrected chi connectivity index (χ3v) is 5.08. The average molecular weight is 374 g/mol. The van der Waals surface area contributed by atoms with E-state index in [2.05, 4.69) is 20.4 Å². The molecule has 0 aliphatic heterocycles. The Balaban J connectivity index is 1.48. The van der Waals surface area contributed by atoms with Crippen LogP contribution >= 0.6 is 11.6 Å². The van der Waals surface area contributed by atoms with E-state index >= 15 is 0 Å². The van der Waals surface area contributed by atoms with Gasteiger partial charge in [-0.05, 0) is 37.0 Å². The quantitative estimate of drug-likeness (QED) is 0.638. The van der Waals surface area contributed by atoms with Crippen LogP contribution in [0.25, 0.3) is 11.0 Å². The Hall–Kier alpha value is -2.38. The number of benzene rings is 1. The second-order valence-corrected chi connectivity index (χ2v) is 7.34. The maximum Gasteiger partial charge on any atom is 0.228 e. The Morgan fingerprint density at radius 1 is 1.50 bits per heavy atom. The molecule has 1 saturated carbocycles. The van der Waals surface area contributed by atoms with Crippen LogP contribution in [0.2, 0.25) is 5.02 Å². The summed E-state index contributed by atoms with van der Waals surface area (Å²) in [5.74, 6) is 0.691. The highest BCUT2D eigenvalue weighted by Crippen LogP contribution is 2.38. The number of hydrogen-bond donors (Lipinski definition) is 3. The molecule has 7 nitrogen and oxygen atoms in total. The predicted molar refractivity (Wildman–Crippen MR) is 97.6 cm³/mol. The van der Waals surface area contributed by atoms with E-state index in [1.165, 1.54) is 0 Å². The molecule has 1 atom stereocenters. The summed E-state index contributed by atoms with van der Waals surface area (Å²) in [6, 6.07) is 5.23. The van der Waals surface area contributed by atoms with Gasteiger partial charge in [0.2, 0.25) is 5.91 Å². The number of aromatic amines is 1. The lowest BCUT2D eigenvalue weighted by atomic mass is 9.75. The normalized spacial score (nSPS) is 20.7. The van der Waals surface area contributed by atoms with E-state index in [1.807, 2.05) is 19.3 Å². The topological polar surface area (TPSA) is 95.8 Å². The smallest absolute Gasteiger partial charge is 0.228 e. The van der Waals surface area contributed by atoms with Gasteiger partial charge in [0, 0.05) is 23.8 Å². The number of nitrogens with one attached hydrogen (secondary N) is 2. The molecular weight excluding hydrogens is 354 g/mol. The van der Waals surface area contributed by atoms with Crippen LogP contribution in [0.1, 0.15) is 30.3 Å². The minimum Gasteiger partial charge on any atom is -0.393 e. The van der Waals surface area contributed by atoms with Crippen molar-refractivity contribution in [2.45, 2.75) is 31.4 Å². The van der Waals surface area contributed by atoms with Crippen molar-refractivity contribution in [2.24, 2.45) is 13.0 Å². The molecule has 26 heavy (non-hydrogen) atoms. The number of aliphatic hydroxyl groups is 1. The molecule has 1 amide bonds. The van der Waals surface area contributed by atoms with E-state index in [-0.39, 0.29) is 30.4 Å². The number of carbonyl (C=O) groups is 1. The molecule has 1 aromatic carbocycles. The van der Waals surface area contributed by atoms with E-state index in [0.717, 1.165) is 16.6 Å². The fourth-order valence-electron chi connectivity index (χ4n) is 3.47. The maximum atomic E-state index is 12.6. The van der Waals surface area contributed by atoms with Gasteiger partial charge < -0.3 is 15.4 Å². The van der Waals surface area contributed by atoms with Crippen molar-refractivity contribution >= 4 is 28.5 Å². The molecule has 4 rings (SSSR count). The van der Waals surface area contributed by atoms with E-state index < -0.39 is 0 Å². The minimum atomic E-state index is -0.281. The molecule has 2 heterocycles. The molecule has 1 fully saturated rings. The van der Waals surface area contributed by atoms with Gasteiger partial charge in [-0.1, -0.05) is 11.6 Å². The Morgan fingerprint density at radius 3 is 3.00 bits per heavy atom. The number of aromatic nitrogens is 4. The van der Waals surface area contributed by atoms with Gasteiger partial charge in [-0.15, -0.1) is 0 Å².